The van der Waals surface area contributed by atoms with Crippen molar-refractivity contribution in [3.8, 4) is 11.6 Å². The zero-order chi connectivity index (χ0) is 10.7. The highest BCUT2D eigenvalue weighted by Gasteiger charge is 2.18. The number of halogens is 2. The first-order chi connectivity index (χ1) is 6.60. The van der Waals surface area contributed by atoms with Crippen LogP contribution in [0.3, 0.4) is 0 Å². The van der Waals surface area contributed by atoms with Crippen LogP contribution >= 0.6 is 0 Å². The molecule has 0 N–H and O–H groups in total. The van der Waals surface area contributed by atoms with Crippen LogP contribution < -0.4 is 9.47 Å². The fourth-order valence-corrected chi connectivity index (χ4v) is 1.11. The van der Waals surface area contributed by atoms with E-state index in [4.69, 9.17) is 9.47 Å². The third kappa shape index (κ3) is 1.92. The quantitative estimate of drug-likeness (QED) is 0.755. The molecule has 1 aromatic rings. The highest BCUT2D eigenvalue weighted by atomic mass is 19.3. The van der Waals surface area contributed by atoms with Gasteiger partial charge in [0.25, 0.3) is 6.43 Å². The van der Waals surface area contributed by atoms with Gasteiger partial charge in [0.2, 0.25) is 5.88 Å². The summed E-state index contributed by atoms with van der Waals surface area (Å²) >= 11 is 0. The molecule has 5 heteroatoms. The molecular formula is C9H11F2NO2. The van der Waals surface area contributed by atoms with Gasteiger partial charge in [-0.15, -0.1) is 0 Å². The lowest BCUT2D eigenvalue weighted by Gasteiger charge is -2.10. The average molecular weight is 203 g/mol. The van der Waals surface area contributed by atoms with E-state index in [0.29, 0.717) is 5.56 Å². The molecule has 0 fully saturated rings. The Hall–Kier alpha value is -1.39. The Morgan fingerprint density at radius 2 is 1.93 bits per heavy atom. The maximum Gasteiger partial charge on any atom is 0.284 e. The number of aryl methyl sites for hydroxylation is 1. The fraction of sp³-hybridized carbons (Fsp3) is 0.444. The number of ether oxygens (including phenoxy) is 2. The number of rotatable bonds is 3. The van der Waals surface area contributed by atoms with Gasteiger partial charge >= 0.3 is 0 Å². The Morgan fingerprint density at radius 3 is 2.36 bits per heavy atom. The minimum absolute atomic E-state index is 0.0818. The van der Waals surface area contributed by atoms with E-state index in [9.17, 15) is 8.78 Å². The normalized spacial score (nSPS) is 10.4. The molecule has 0 unspecified atom stereocenters. The molecule has 0 aromatic carbocycles. The van der Waals surface area contributed by atoms with Gasteiger partial charge < -0.3 is 9.47 Å². The van der Waals surface area contributed by atoms with Crippen molar-refractivity contribution in [2.75, 3.05) is 14.2 Å². The van der Waals surface area contributed by atoms with E-state index in [0.717, 1.165) is 0 Å². The lowest BCUT2D eigenvalue weighted by Crippen LogP contribution is -2.00. The predicted octanol–water partition coefficient (Wildman–Crippen LogP) is 2.34. The summed E-state index contributed by atoms with van der Waals surface area (Å²) in [4.78, 5) is 3.66. The Balaban J connectivity index is 3.25. The smallest absolute Gasteiger partial charge is 0.284 e. The number of hydrogen-bond acceptors (Lipinski definition) is 3. The molecule has 0 radical (unpaired) electrons. The second-order valence-electron chi connectivity index (χ2n) is 2.70. The molecule has 0 aliphatic rings. The van der Waals surface area contributed by atoms with Gasteiger partial charge in [-0.1, -0.05) is 0 Å². The second kappa shape index (κ2) is 4.21. The van der Waals surface area contributed by atoms with E-state index in [2.05, 4.69) is 4.98 Å². The molecule has 0 aliphatic carbocycles. The van der Waals surface area contributed by atoms with E-state index in [1.807, 2.05) is 0 Å². The molecule has 0 atom stereocenters. The summed E-state index contributed by atoms with van der Waals surface area (Å²) in [6.07, 6.45) is -2.67. The van der Waals surface area contributed by atoms with Crippen LogP contribution in [0.1, 0.15) is 17.7 Å². The molecule has 0 bridgehead atoms. The van der Waals surface area contributed by atoms with E-state index in [-0.39, 0.29) is 11.6 Å². The van der Waals surface area contributed by atoms with Crippen LogP contribution in [0.15, 0.2) is 6.07 Å². The van der Waals surface area contributed by atoms with Crippen LogP contribution in [0.4, 0.5) is 8.78 Å². The van der Waals surface area contributed by atoms with E-state index in [1.165, 1.54) is 20.3 Å². The molecule has 1 heterocycles. The SMILES string of the molecule is COc1cc(C)c(OC)nc1C(F)F. The minimum atomic E-state index is -2.67. The summed E-state index contributed by atoms with van der Waals surface area (Å²) in [6.45, 7) is 1.71. The predicted molar refractivity (Wildman–Crippen MR) is 47.0 cm³/mol. The van der Waals surface area contributed by atoms with Crippen molar-refractivity contribution < 1.29 is 18.3 Å². The molecule has 3 nitrogen and oxygen atoms in total. The van der Waals surface area contributed by atoms with Gasteiger partial charge in [-0.25, -0.2) is 13.8 Å². The third-order valence-corrected chi connectivity index (χ3v) is 1.78. The van der Waals surface area contributed by atoms with E-state index in [1.54, 1.807) is 6.92 Å². The molecule has 1 aromatic heterocycles. The number of alkyl halides is 2. The van der Waals surface area contributed by atoms with Gasteiger partial charge in [0.05, 0.1) is 14.2 Å². The van der Waals surface area contributed by atoms with Gasteiger partial charge in [-0.05, 0) is 13.0 Å². The molecule has 14 heavy (non-hydrogen) atoms. The van der Waals surface area contributed by atoms with E-state index >= 15 is 0 Å². The molecule has 0 amide bonds. The number of nitrogens with zero attached hydrogens (tertiary/aromatic N) is 1. The van der Waals surface area contributed by atoms with Crippen molar-refractivity contribution in [1.29, 1.82) is 0 Å². The number of hydrogen-bond donors (Lipinski definition) is 0. The van der Waals surface area contributed by atoms with Crippen molar-refractivity contribution in [2.45, 2.75) is 13.3 Å². The summed E-state index contributed by atoms with van der Waals surface area (Å²) in [5, 5.41) is 0. The summed E-state index contributed by atoms with van der Waals surface area (Å²) in [5.74, 6) is 0.277. The van der Waals surface area contributed by atoms with E-state index < -0.39 is 12.1 Å². The number of aromatic nitrogens is 1. The summed E-state index contributed by atoms with van der Waals surface area (Å²) in [7, 11) is 2.71. The Labute approximate surface area is 80.7 Å². The van der Waals surface area contributed by atoms with Gasteiger partial charge in [0, 0.05) is 5.56 Å². The first-order valence-corrected chi connectivity index (χ1v) is 3.97. The van der Waals surface area contributed by atoms with Crippen LogP contribution in [-0.4, -0.2) is 19.2 Å². The largest absolute Gasteiger partial charge is 0.495 e. The van der Waals surface area contributed by atoms with Gasteiger partial charge in [0.1, 0.15) is 5.75 Å². The lowest BCUT2D eigenvalue weighted by atomic mass is 10.2. The molecule has 0 aliphatic heterocycles. The minimum Gasteiger partial charge on any atom is -0.495 e. The van der Waals surface area contributed by atoms with Crippen molar-refractivity contribution >= 4 is 0 Å². The zero-order valence-corrected chi connectivity index (χ0v) is 8.17. The molecule has 0 saturated heterocycles. The highest BCUT2D eigenvalue weighted by molar-refractivity contribution is 5.38. The van der Waals surface area contributed by atoms with Crippen LogP contribution in [0.2, 0.25) is 0 Å². The Kier molecular flexibility index (Phi) is 3.22. The topological polar surface area (TPSA) is 31.4 Å². The average Bonchev–Trinajstić information content (AvgIpc) is 2.16. The Morgan fingerprint density at radius 1 is 1.29 bits per heavy atom. The number of pyridine rings is 1. The maximum absolute atomic E-state index is 12.5. The first-order valence-electron chi connectivity index (χ1n) is 3.97. The van der Waals surface area contributed by atoms with Gasteiger partial charge in [0.15, 0.2) is 5.69 Å². The van der Waals surface area contributed by atoms with Crippen molar-refractivity contribution in [1.82, 2.24) is 4.98 Å². The van der Waals surface area contributed by atoms with Crippen LogP contribution in [-0.2, 0) is 0 Å². The van der Waals surface area contributed by atoms with Crippen molar-refractivity contribution in [2.24, 2.45) is 0 Å². The molecule has 78 valence electrons. The maximum atomic E-state index is 12.5. The molecular weight excluding hydrogens is 192 g/mol. The van der Waals surface area contributed by atoms with Gasteiger partial charge in [-0.3, -0.25) is 0 Å². The summed E-state index contributed by atoms with van der Waals surface area (Å²) in [6, 6.07) is 1.48. The third-order valence-electron chi connectivity index (χ3n) is 1.78. The van der Waals surface area contributed by atoms with Crippen molar-refractivity contribution in [3.63, 3.8) is 0 Å². The number of methoxy groups -OCH3 is 2. The first kappa shape index (κ1) is 10.7. The fourth-order valence-electron chi connectivity index (χ4n) is 1.11. The van der Waals surface area contributed by atoms with Gasteiger partial charge in [-0.2, -0.15) is 0 Å². The lowest BCUT2D eigenvalue weighted by molar-refractivity contribution is 0.140. The molecule has 1 rings (SSSR count). The zero-order valence-electron chi connectivity index (χ0n) is 8.17. The molecule has 0 saturated carbocycles. The summed E-state index contributed by atoms with van der Waals surface area (Å²) < 4.78 is 34.6. The van der Waals surface area contributed by atoms with Crippen LogP contribution in [0.5, 0.6) is 11.6 Å². The summed E-state index contributed by atoms with van der Waals surface area (Å²) in [5.41, 5.74) is 0.267. The molecule has 0 spiro atoms. The van der Waals surface area contributed by atoms with Crippen LogP contribution in [0, 0.1) is 6.92 Å². The monoisotopic (exact) mass is 203 g/mol. The highest BCUT2D eigenvalue weighted by Crippen LogP contribution is 2.31. The standard InChI is InChI=1S/C9H11F2NO2/c1-5-4-6(13-2)7(8(10)11)12-9(5)14-3/h4,8H,1-3H3. The van der Waals surface area contributed by atoms with Crippen LogP contribution in [0.25, 0.3) is 0 Å². The Bertz CT molecular complexity index is 329. The van der Waals surface area contributed by atoms with Crippen molar-refractivity contribution in [3.05, 3.63) is 17.3 Å². The second-order valence-corrected chi connectivity index (χ2v) is 2.70.